The summed E-state index contributed by atoms with van der Waals surface area (Å²) >= 11 is 0. The van der Waals surface area contributed by atoms with E-state index >= 15 is 0 Å². The highest BCUT2D eigenvalue weighted by Gasteiger charge is 2.38. The topological polar surface area (TPSA) is 35.6 Å². The van der Waals surface area contributed by atoms with Gasteiger partial charge in [0.15, 0.2) is 0 Å². The molecule has 11 rings (SSSR count). The minimum absolute atomic E-state index is 0.213. The Kier molecular flexibility index (Phi) is 6.27. The van der Waals surface area contributed by atoms with Crippen molar-refractivity contribution in [2.24, 2.45) is 0 Å². The minimum atomic E-state index is -0.213. The van der Waals surface area contributed by atoms with Gasteiger partial charge in [0.05, 0.1) is 33.5 Å². The van der Waals surface area contributed by atoms with Crippen molar-refractivity contribution in [1.29, 1.82) is 0 Å². The zero-order chi connectivity index (χ0) is 35.3. The van der Waals surface area contributed by atoms with Crippen LogP contribution in [-0.4, -0.2) is 19.1 Å². The van der Waals surface area contributed by atoms with Gasteiger partial charge in [-0.2, -0.15) is 0 Å². The van der Waals surface area contributed by atoms with E-state index in [1.807, 2.05) is 0 Å². The monoisotopic (exact) mass is 678 g/mol. The predicted octanol–water partition coefficient (Wildman–Crippen LogP) is 12.3. The second-order valence-electron chi connectivity index (χ2n) is 14.6. The lowest BCUT2D eigenvalue weighted by Gasteiger charge is -2.23. The fourth-order valence-electron chi connectivity index (χ4n) is 8.95. The molecule has 10 aromatic rings. The molecule has 53 heavy (non-hydrogen) atoms. The molecule has 0 N–H and O–H groups in total. The van der Waals surface area contributed by atoms with Crippen LogP contribution >= 0.6 is 0 Å². The van der Waals surface area contributed by atoms with E-state index in [-0.39, 0.29) is 5.41 Å². The molecule has 1 aliphatic rings. The van der Waals surface area contributed by atoms with Gasteiger partial charge in [-0.1, -0.05) is 141 Å². The molecule has 0 saturated heterocycles. The van der Waals surface area contributed by atoms with Gasteiger partial charge < -0.3 is 4.57 Å². The Labute approximate surface area is 307 Å². The van der Waals surface area contributed by atoms with Gasteiger partial charge >= 0.3 is 0 Å². The zero-order valence-corrected chi connectivity index (χ0v) is 29.5. The van der Waals surface area contributed by atoms with Crippen LogP contribution in [0.1, 0.15) is 25.0 Å². The predicted molar refractivity (Wildman–Crippen MR) is 219 cm³/mol. The molecule has 7 aromatic carbocycles. The summed E-state index contributed by atoms with van der Waals surface area (Å²) in [5.41, 5.74) is 14.7. The first-order valence-electron chi connectivity index (χ1n) is 18.3. The first-order valence-corrected chi connectivity index (χ1v) is 18.3. The quantitative estimate of drug-likeness (QED) is 0.186. The standard InChI is InChI=1S/C49H34N4/c1-49(2)40-22-12-9-19-34(40)37-26-27-38-35-20-10-14-24-44(35)53(47(38)46(37)49)48-50-41(31-15-5-3-6-16-31)30-42(51-48)32-25-28-45-39(29-32)36-21-11-13-23-43(36)52(45)33-17-7-4-8-18-33/h3-30H,1-2H3. The van der Waals surface area contributed by atoms with Crippen LogP contribution in [0.4, 0.5) is 0 Å². The summed E-state index contributed by atoms with van der Waals surface area (Å²) in [5.74, 6) is 0.666. The van der Waals surface area contributed by atoms with Gasteiger partial charge in [0.25, 0.3) is 0 Å². The maximum Gasteiger partial charge on any atom is 0.235 e. The Hall–Kier alpha value is -6.78. The van der Waals surface area contributed by atoms with Crippen LogP contribution in [0.5, 0.6) is 0 Å². The van der Waals surface area contributed by atoms with Gasteiger partial charge in [-0.25, -0.2) is 9.97 Å². The van der Waals surface area contributed by atoms with Crippen LogP contribution in [0.3, 0.4) is 0 Å². The number of fused-ring (bicyclic) bond motifs is 10. The summed E-state index contributed by atoms with van der Waals surface area (Å²) in [4.78, 5) is 10.9. The molecule has 0 aliphatic heterocycles. The van der Waals surface area contributed by atoms with Crippen LogP contribution in [0.15, 0.2) is 170 Å². The van der Waals surface area contributed by atoms with Gasteiger partial charge in [-0.3, -0.25) is 4.57 Å². The van der Waals surface area contributed by atoms with E-state index in [4.69, 9.17) is 9.97 Å². The number of nitrogens with zero attached hydrogens (tertiary/aromatic N) is 4. The lowest BCUT2D eigenvalue weighted by Crippen LogP contribution is -2.17. The van der Waals surface area contributed by atoms with E-state index in [1.165, 1.54) is 60.3 Å². The van der Waals surface area contributed by atoms with Gasteiger partial charge in [-0.05, 0) is 64.7 Å². The third kappa shape index (κ3) is 4.30. The van der Waals surface area contributed by atoms with Gasteiger partial charge in [-0.15, -0.1) is 0 Å². The number of para-hydroxylation sites is 3. The van der Waals surface area contributed by atoms with Gasteiger partial charge in [0, 0.05) is 43.8 Å². The highest BCUT2D eigenvalue weighted by molar-refractivity contribution is 6.13. The van der Waals surface area contributed by atoms with E-state index in [2.05, 4.69) is 193 Å². The van der Waals surface area contributed by atoms with Crippen LogP contribution in [0.25, 0.3) is 88.9 Å². The first-order chi connectivity index (χ1) is 26.1. The van der Waals surface area contributed by atoms with Crippen molar-refractivity contribution in [3.63, 3.8) is 0 Å². The molecule has 3 aromatic heterocycles. The van der Waals surface area contributed by atoms with Crippen LogP contribution in [-0.2, 0) is 5.41 Å². The van der Waals surface area contributed by atoms with Crippen molar-refractivity contribution in [3.8, 4) is 45.3 Å². The fraction of sp³-hybridized carbons (Fsp3) is 0.0612. The molecule has 0 unspecified atom stereocenters. The molecule has 0 spiro atoms. The lowest BCUT2D eigenvalue weighted by atomic mass is 9.81. The Bertz CT molecular complexity index is 3080. The molecule has 0 fully saturated rings. The Morgan fingerprint density at radius 2 is 1.04 bits per heavy atom. The zero-order valence-electron chi connectivity index (χ0n) is 29.5. The molecule has 0 saturated carbocycles. The molecular formula is C49H34N4. The molecule has 0 bridgehead atoms. The van der Waals surface area contributed by atoms with Crippen LogP contribution < -0.4 is 0 Å². The molecule has 0 atom stereocenters. The second-order valence-corrected chi connectivity index (χ2v) is 14.6. The summed E-state index contributed by atoms with van der Waals surface area (Å²) in [6.45, 7) is 4.71. The van der Waals surface area contributed by atoms with E-state index in [0.29, 0.717) is 5.95 Å². The van der Waals surface area contributed by atoms with Gasteiger partial charge in [0.1, 0.15) is 0 Å². The normalized spacial score (nSPS) is 13.2. The van der Waals surface area contributed by atoms with E-state index in [1.54, 1.807) is 0 Å². The van der Waals surface area contributed by atoms with Crippen molar-refractivity contribution in [3.05, 3.63) is 181 Å². The fourth-order valence-corrected chi connectivity index (χ4v) is 8.95. The van der Waals surface area contributed by atoms with Crippen molar-refractivity contribution in [2.75, 3.05) is 0 Å². The third-order valence-corrected chi connectivity index (χ3v) is 11.3. The second kappa shape index (κ2) is 11.1. The average molecular weight is 679 g/mol. The third-order valence-electron chi connectivity index (χ3n) is 11.3. The first kappa shape index (κ1) is 29.9. The summed E-state index contributed by atoms with van der Waals surface area (Å²) < 4.78 is 4.68. The highest BCUT2D eigenvalue weighted by atomic mass is 15.2. The van der Waals surface area contributed by atoms with E-state index in [0.717, 1.165) is 33.7 Å². The van der Waals surface area contributed by atoms with E-state index in [9.17, 15) is 0 Å². The molecule has 1 aliphatic carbocycles. The highest BCUT2D eigenvalue weighted by Crippen LogP contribution is 2.52. The Morgan fingerprint density at radius 1 is 0.434 bits per heavy atom. The summed E-state index contributed by atoms with van der Waals surface area (Å²) in [6, 6.07) is 60.8. The number of hydrogen-bond donors (Lipinski definition) is 0. The van der Waals surface area contributed by atoms with Crippen LogP contribution in [0, 0.1) is 0 Å². The number of rotatable bonds is 4. The molecule has 3 heterocycles. The maximum atomic E-state index is 5.49. The SMILES string of the molecule is CC1(C)c2ccccc2-c2ccc3c4ccccc4n(-c4nc(-c5ccccc5)cc(-c5ccc6c(c5)c5ccccc5n6-c5ccccc5)n4)c3c21. The molecule has 0 amide bonds. The summed E-state index contributed by atoms with van der Waals surface area (Å²) in [7, 11) is 0. The van der Waals surface area contributed by atoms with Crippen molar-refractivity contribution in [1.82, 2.24) is 19.1 Å². The van der Waals surface area contributed by atoms with Crippen molar-refractivity contribution >= 4 is 43.6 Å². The van der Waals surface area contributed by atoms with Crippen LogP contribution in [0.2, 0.25) is 0 Å². The molecule has 250 valence electrons. The lowest BCUT2D eigenvalue weighted by molar-refractivity contribution is 0.663. The number of aromatic nitrogens is 4. The van der Waals surface area contributed by atoms with Crippen molar-refractivity contribution in [2.45, 2.75) is 19.3 Å². The smallest absolute Gasteiger partial charge is 0.235 e. The molecule has 4 nitrogen and oxygen atoms in total. The summed E-state index contributed by atoms with van der Waals surface area (Å²) in [6.07, 6.45) is 0. The largest absolute Gasteiger partial charge is 0.309 e. The Balaban J connectivity index is 1.21. The molecular weight excluding hydrogens is 645 g/mol. The van der Waals surface area contributed by atoms with E-state index < -0.39 is 0 Å². The summed E-state index contributed by atoms with van der Waals surface area (Å²) in [5, 5.41) is 4.82. The minimum Gasteiger partial charge on any atom is -0.309 e. The number of hydrogen-bond acceptors (Lipinski definition) is 2. The molecule has 0 radical (unpaired) electrons. The molecule has 4 heteroatoms. The maximum absolute atomic E-state index is 5.49. The van der Waals surface area contributed by atoms with Crippen molar-refractivity contribution < 1.29 is 0 Å². The number of benzene rings is 7. The Morgan fingerprint density at radius 3 is 1.81 bits per heavy atom. The average Bonchev–Trinajstić information content (AvgIpc) is 3.81. The van der Waals surface area contributed by atoms with Gasteiger partial charge in [0.2, 0.25) is 5.95 Å².